The van der Waals surface area contributed by atoms with Crippen LogP contribution < -0.4 is 9.47 Å². The molecule has 3 aromatic carbocycles. The molecule has 0 saturated carbocycles. The van der Waals surface area contributed by atoms with Crippen LogP contribution in [0.3, 0.4) is 0 Å². The van der Waals surface area contributed by atoms with Crippen molar-refractivity contribution in [2.24, 2.45) is 0 Å². The van der Waals surface area contributed by atoms with Gasteiger partial charge in [0.1, 0.15) is 28.6 Å². The number of ether oxygens (including phenoxy) is 3. The maximum Gasteiger partial charge on any atom is 0.342 e. The molecule has 0 unspecified atom stereocenters. The van der Waals surface area contributed by atoms with Crippen LogP contribution in [0.4, 0.5) is 4.39 Å². The predicted octanol–water partition coefficient (Wildman–Crippen LogP) is 5.34. The van der Waals surface area contributed by atoms with Crippen LogP contribution in [0.15, 0.2) is 78.9 Å². The molecular weight excluding hydrogens is 371 g/mol. The van der Waals surface area contributed by atoms with Gasteiger partial charge in [0, 0.05) is 5.56 Å². The van der Waals surface area contributed by atoms with Gasteiger partial charge in [-0.2, -0.15) is 0 Å². The van der Waals surface area contributed by atoms with Gasteiger partial charge in [0.15, 0.2) is 0 Å². The molecular formula is C24H21FO4. The minimum atomic E-state index is -0.555. The zero-order chi connectivity index (χ0) is 20.6. The highest BCUT2D eigenvalue weighted by atomic mass is 19.1. The van der Waals surface area contributed by atoms with E-state index in [2.05, 4.69) is 0 Å². The van der Waals surface area contributed by atoms with Gasteiger partial charge in [-0.05, 0) is 61.0 Å². The monoisotopic (exact) mass is 392 g/mol. The van der Waals surface area contributed by atoms with Crippen molar-refractivity contribution in [1.82, 2.24) is 0 Å². The van der Waals surface area contributed by atoms with Crippen LogP contribution in [0.1, 0.15) is 18.1 Å². The molecule has 0 aromatic heterocycles. The molecule has 148 valence electrons. The Morgan fingerprint density at radius 1 is 0.828 bits per heavy atom. The van der Waals surface area contributed by atoms with Gasteiger partial charge < -0.3 is 14.2 Å². The summed E-state index contributed by atoms with van der Waals surface area (Å²) in [4.78, 5) is 12.9. The van der Waals surface area contributed by atoms with Crippen LogP contribution in [0.5, 0.6) is 11.5 Å². The van der Waals surface area contributed by atoms with E-state index in [-0.39, 0.29) is 12.2 Å². The highest BCUT2D eigenvalue weighted by Crippen LogP contribution is 2.31. The second-order valence-electron chi connectivity index (χ2n) is 6.08. The number of carbonyl (C=O) groups is 1. The lowest BCUT2D eigenvalue weighted by atomic mass is 10.0. The molecule has 0 fully saturated rings. The van der Waals surface area contributed by atoms with Gasteiger partial charge >= 0.3 is 5.97 Å². The van der Waals surface area contributed by atoms with E-state index in [0.717, 1.165) is 0 Å². The Morgan fingerprint density at radius 2 is 1.45 bits per heavy atom. The van der Waals surface area contributed by atoms with E-state index in [4.69, 9.17) is 14.2 Å². The minimum Gasteiger partial charge on any atom is -0.497 e. The summed E-state index contributed by atoms with van der Waals surface area (Å²) < 4.78 is 30.1. The smallest absolute Gasteiger partial charge is 0.342 e. The third-order valence-corrected chi connectivity index (χ3v) is 4.15. The van der Waals surface area contributed by atoms with Crippen molar-refractivity contribution in [3.8, 4) is 11.5 Å². The zero-order valence-electron chi connectivity index (χ0n) is 16.2. The Labute approximate surface area is 169 Å². The normalized spacial score (nSPS) is 11.4. The number of benzene rings is 3. The number of methoxy groups -OCH3 is 1. The summed E-state index contributed by atoms with van der Waals surface area (Å²) in [6.45, 7) is 1.93. The minimum absolute atomic E-state index is 0.199. The Hall–Kier alpha value is -3.60. The number of rotatable bonds is 7. The fraction of sp³-hybridized carbons (Fsp3) is 0.125. The van der Waals surface area contributed by atoms with Gasteiger partial charge in [-0.25, -0.2) is 9.18 Å². The summed E-state index contributed by atoms with van der Waals surface area (Å²) >= 11 is 0. The third-order valence-electron chi connectivity index (χ3n) is 4.15. The molecule has 3 rings (SSSR count). The van der Waals surface area contributed by atoms with Crippen LogP contribution in [0.25, 0.3) is 11.3 Å². The first-order valence-corrected chi connectivity index (χ1v) is 9.17. The summed E-state index contributed by atoms with van der Waals surface area (Å²) in [6, 6.07) is 21.9. The van der Waals surface area contributed by atoms with E-state index < -0.39 is 11.8 Å². The van der Waals surface area contributed by atoms with Gasteiger partial charge in [0.25, 0.3) is 0 Å². The topological polar surface area (TPSA) is 44.8 Å². The number of halogens is 1. The third kappa shape index (κ3) is 5.02. The molecule has 3 aromatic rings. The van der Waals surface area contributed by atoms with Crippen molar-refractivity contribution in [2.75, 3.05) is 13.7 Å². The van der Waals surface area contributed by atoms with E-state index >= 15 is 0 Å². The van der Waals surface area contributed by atoms with Crippen molar-refractivity contribution in [3.63, 3.8) is 0 Å². The maximum absolute atomic E-state index is 13.5. The average Bonchev–Trinajstić information content (AvgIpc) is 2.75. The highest BCUT2D eigenvalue weighted by Gasteiger charge is 2.23. The maximum atomic E-state index is 13.5. The molecule has 0 aliphatic carbocycles. The van der Waals surface area contributed by atoms with E-state index in [9.17, 15) is 9.18 Å². The van der Waals surface area contributed by atoms with Crippen molar-refractivity contribution in [1.29, 1.82) is 0 Å². The van der Waals surface area contributed by atoms with Gasteiger partial charge in [0.05, 0.1) is 13.7 Å². The number of esters is 1. The quantitative estimate of drug-likeness (QED) is 0.235. The first-order chi connectivity index (χ1) is 14.1. The molecule has 0 heterocycles. The molecule has 4 nitrogen and oxygen atoms in total. The lowest BCUT2D eigenvalue weighted by Crippen LogP contribution is -2.12. The fourth-order valence-electron chi connectivity index (χ4n) is 2.76. The zero-order valence-corrected chi connectivity index (χ0v) is 16.2. The molecule has 5 heteroatoms. The van der Waals surface area contributed by atoms with E-state index in [0.29, 0.717) is 28.4 Å². The largest absolute Gasteiger partial charge is 0.497 e. The summed E-state index contributed by atoms with van der Waals surface area (Å²) in [7, 11) is 1.58. The van der Waals surface area contributed by atoms with Gasteiger partial charge in [-0.3, -0.25) is 0 Å². The van der Waals surface area contributed by atoms with E-state index in [1.165, 1.54) is 24.3 Å². The summed E-state index contributed by atoms with van der Waals surface area (Å²) in [6.07, 6.45) is 0. The summed E-state index contributed by atoms with van der Waals surface area (Å²) in [5.41, 5.74) is 1.36. The van der Waals surface area contributed by atoms with Crippen LogP contribution in [-0.4, -0.2) is 19.7 Å². The molecule has 0 aliphatic heterocycles. The van der Waals surface area contributed by atoms with Crippen LogP contribution in [-0.2, 0) is 9.53 Å². The molecule has 0 spiro atoms. The Bertz CT molecular complexity index is 978. The molecule has 0 N–H and O–H groups in total. The van der Waals surface area contributed by atoms with E-state index in [1.807, 2.05) is 18.2 Å². The summed E-state index contributed by atoms with van der Waals surface area (Å²) in [5.74, 6) is 0.589. The predicted molar refractivity (Wildman–Crippen MR) is 110 cm³/mol. The van der Waals surface area contributed by atoms with Crippen molar-refractivity contribution in [3.05, 3.63) is 95.8 Å². The number of hydrogen-bond donors (Lipinski definition) is 0. The van der Waals surface area contributed by atoms with Crippen LogP contribution in [0, 0.1) is 5.82 Å². The molecule has 0 aliphatic rings. The Kier molecular flexibility index (Phi) is 6.63. The molecule has 0 atom stereocenters. The second kappa shape index (κ2) is 9.55. The Balaban J connectivity index is 2.21. The first kappa shape index (κ1) is 20.1. The number of carbonyl (C=O) groups excluding carboxylic acids is 1. The second-order valence-corrected chi connectivity index (χ2v) is 6.08. The van der Waals surface area contributed by atoms with Gasteiger partial charge in [0.2, 0.25) is 0 Å². The molecule has 0 saturated heterocycles. The van der Waals surface area contributed by atoms with Gasteiger partial charge in [-0.1, -0.05) is 30.3 Å². The van der Waals surface area contributed by atoms with Crippen molar-refractivity contribution >= 4 is 17.3 Å². The van der Waals surface area contributed by atoms with Gasteiger partial charge in [-0.15, -0.1) is 0 Å². The highest BCUT2D eigenvalue weighted by molar-refractivity contribution is 6.23. The molecule has 0 radical (unpaired) electrons. The summed E-state index contributed by atoms with van der Waals surface area (Å²) in [5, 5.41) is 0. The van der Waals surface area contributed by atoms with E-state index in [1.54, 1.807) is 50.4 Å². The molecule has 0 bridgehead atoms. The van der Waals surface area contributed by atoms with Crippen LogP contribution in [0.2, 0.25) is 0 Å². The van der Waals surface area contributed by atoms with Crippen LogP contribution >= 0.6 is 0 Å². The molecule has 29 heavy (non-hydrogen) atoms. The fourth-order valence-corrected chi connectivity index (χ4v) is 2.76. The lowest BCUT2D eigenvalue weighted by Gasteiger charge is -2.17. The SMILES string of the molecule is CCOC(=O)/C(=C(/Oc1ccccc1)c1ccc(OC)cc1)c1ccc(F)cc1. The van der Waals surface area contributed by atoms with Crippen molar-refractivity contribution < 1.29 is 23.4 Å². The average molecular weight is 392 g/mol. The lowest BCUT2D eigenvalue weighted by molar-refractivity contribution is -0.136. The van der Waals surface area contributed by atoms with Crippen molar-refractivity contribution in [2.45, 2.75) is 6.92 Å². The standard InChI is InChI=1S/C24H21FO4/c1-3-28-24(26)22(17-9-13-19(25)14-10-17)23(29-21-7-5-4-6-8-21)18-11-15-20(27-2)16-12-18/h4-16H,3H2,1-2H3/b23-22+. The Morgan fingerprint density at radius 3 is 2.03 bits per heavy atom. The molecule has 0 amide bonds. The number of para-hydroxylation sites is 1. The first-order valence-electron chi connectivity index (χ1n) is 9.17. The number of hydrogen-bond acceptors (Lipinski definition) is 4.